The van der Waals surface area contributed by atoms with Gasteiger partial charge in [-0.3, -0.25) is 0 Å². The number of aliphatic hydroxyl groups excluding tert-OH is 1. The largest absolute Gasteiger partial charge is 0.496 e. The van der Waals surface area contributed by atoms with Crippen LogP contribution >= 0.6 is 0 Å². The van der Waals surface area contributed by atoms with Gasteiger partial charge in [0.15, 0.2) is 0 Å². The highest BCUT2D eigenvalue weighted by Crippen LogP contribution is 2.32. The van der Waals surface area contributed by atoms with E-state index in [0.717, 1.165) is 52.5 Å². The highest BCUT2D eigenvalue weighted by atomic mass is 16.5. The van der Waals surface area contributed by atoms with E-state index >= 15 is 0 Å². The molecule has 0 amide bonds. The number of methoxy groups -OCH3 is 2. The van der Waals surface area contributed by atoms with Gasteiger partial charge >= 0.3 is 0 Å². The van der Waals surface area contributed by atoms with Crippen molar-refractivity contribution in [2.24, 2.45) is 0 Å². The second kappa shape index (κ2) is 16.4. The zero-order chi connectivity index (χ0) is 28.7. The first-order valence-corrected chi connectivity index (χ1v) is 14.4. The number of anilines is 2. The lowest BCUT2D eigenvalue weighted by atomic mass is 10.0. The van der Waals surface area contributed by atoms with E-state index in [2.05, 4.69) is 85.5 Å². The standard InChI is InChI=1S/C35H46N2O3/c1-6-8-22-37(23-9-7-2)33-20-14-29(15-21-33)11-17-31-27-34(39-4)30(26-35(31)40-5)16-10-28-12-18-32(19-13-28)36(3)24-25-38/h10-21,26-27,38H,6-9,22-25H2,1-5H3/b16-10+,17-11+. The summed E-state index contributed by atoms with van der Waals surface area (Å²) in [5, 5.41) is 9.16. The molecule has 0 bridgehead atoms. The molecule has 0 unspecified atom stereocenters. The molecule has 0 radical (unpaired) electrons. The summed E-state index contributed by atoms with van der Waals surface area (Å²) in [6.07, 6.45) is 13.2. The van der Waals surface area contributed by atoms with Crippen molar-refractivity contribution < 1.29 is 14.6 Å². The van der Waals surface area contributed by atoms with Crippen LogP contribution in [-0.4, -0.2) is 52.6 Å². The molecule has 0 spiro atoms. The van der Waals surface area contributed by atoms with Crippen LogP contribution in [-0.2, 0) is 0 Å². The van der Waals surface area contributed by atoms with Crippen molar-refractivity contribution in [3.8, 4) is 11.5 Å². The van der Waals surface area contributed by atoms with Crippen LogP contribution < -0.4 is 19.3 Å². The van der Waals surface area contributed by atoms with Crippen molar-refractivity contribution >= 4 is 35.7 Å². The highest BCUT2D eigenvalue weighted by Gasteiger charge is 2.09. The molecule has 5 heteroatoms. The van der Waals surface area contributed by atoms with Crippen LogP contribution in [0.2, 0.25) is 0 Å². The fourth-order valence-corrected chi connectivity index (χ4v) is 4.56. The Bertz CT molecular complexity index is 1210. The molecule has 214 valence electrons. The van der Waals surface area contributed by atoms with Crippen LogP contribution in [0, 0.1) is 0 Å². The van der Waals surface area contributed by atoms with Crippen molar-refractivity contribution in [3.63, 3.8) is 0 Å². The summed E-state index contributed by atoms with van der Waals surface area (Å²) in [4.78, 5) is 4.53. The normalized spacial score (nSPS) is 11.3. The van der Waals surface area contributed by atoms with Crippen LogP contribution in [0.1, 0.15) is 61.8 Å². The van der Waals surface area contributed by atoms with E-state index in [-0.39, 0.29) is 6.61 Å². The maximum Gasteiger partial charge on any atom is 0.126 e. The Morgan fingerprint density at radius 1 is 0.650 bits per heavy atom. The number of hydrogen-bond acceptors (Lipinski definition) is 5. The number of rotatable bonds is 16. The van der Waals surface area contributed by atoms with E-state index in [1.807, 2.05) is 30.2 Å². The molecule has 0 heterocycles. The average Bonchev–Trinajstić information content (AvgIpc) is 2.99. The van der Waals surface area contributed by atoms with E-state index in [0.29, 0.717) is 6.54 Å². The molecule has 5 nitrogen and oxygen atoms in total. The molecule has 40 heavy (non-hydrogen) atoms. The molecule has 0 aliphatic heterocycles. The summed E-state index contributed by atoms with van der Waals surface area (Å²) in [6, 6.07) is 21.1. The van der Waals surface area contributed by atoms with Gasteiger partial charge in [-0.25, -0.2) is 0 Å². The van der Waals surface area contributed by atoms with Crippen molar-refractivity contribution in [2.75, 3.05) is 57.3 Å². The number of nitrogens with zero attached hydrogens (tertiary/aromatic N) is 2. The zero-order valence-electron chi connectivity index (χ0n) is 24.9. The van der Waals surface area contributed by atoms with E-state index in [4.69, 9.17) is 14.6 Å². The molecular formula is C35H46N2O3. The Labute approximate surface area is 241 Å². The first-order valence-electron chi connectivity index (χ1n) is 14.4. The minimum absolute atomic E-state index is 0.133. The molecule has 0 aliphatic carbocycles. The van der Waals surface area contributed by atoms with Gasteiger partial charge in [-0.1, -0.05) is 75.3 Å². The van der Waals surface area contributed by atoms with Crippen LogP contribution in [0.15, 0.2) is 60.7 Å². The van der Waals surface area contributed by atoms with Gasteiger partial charge in [0, 0.05) is 49.2 Å². The van der Waals surface area contributed by atoms with Gasteiger partial charge in [-0.15, -0.1) is 0 Å². The fraction of sp³-hybridized carbons (Fsp3) is 0.371. The Morgan fingerprint density at radius 3 is 1.50 bits per heavy atom. The third-order valence-electron chi connectivity index (χ3n) is 7.08. The van der Waals surface area contributed by atoms with Crippen molar-refractivity contribution in [2.45, 2.75) is 39.5 Å². The fourth-order valence-electron chi connectivity index (χ4n) is 4.56. The van der Waals surface area contributed by atoms with Gasteiger partial charge in [0.2, 0.25) is 0 Å². The number of unbranched alkanes of at least 4 members (excludes halogenated alkanes) is 2. The number of likely N-dealkylation sites (N-methyl/N-ethyl adjacent to an activating group) is 1. The zero-order valence-corrected chi connectivity index (χ0v) is 24.9. The summed E-state index contributed by atoms with van der Waals surface area (Å²) in [7, 11) is 5.37. The number of ether oxygens (including phenoxy) is 2. The van der Waals surface area contributed by atoms with Gasteiger partial charge in [0.05, 0.1) is 20.8 Å². The summed E-state index contributed by atoms with van der Waals surface area (Å²) < 4.78 is 11.5. The van der Waals surface area contributed by atoms with Gasteiger partial charge in [-0.2, -0.15) is 0 Å². The predicted octanol–water partition coefficient (Wildman–Crippen LogP) is 7.88. The maximum atomic E-state index is 9.16. The van der Waals surface area contributed by atoms with Gasteiger partial charge < -0.3 is 24.4 Å². The van der Waals surface area contributed by atoms with Crippen LogP contribution in [0.3, 0.4) is 0 Å². The third kappa shape index (κ3) is 8.92. The molecule has 3 aromatic carbocycles. The lowest BCUT2D eigenvalue weighted by Crippen LogP contribution is -2.25. The minimum Gasteiger partial charge on any atom is -0.496 e. The van der Waals surface area contributed by atoms with Crippen LogP contribution in [0.25, 0.3) is 24.3 Å². The average molecular weight is 543 g/mol. The minimum atomic E-state index is 0.133. The summed E-state index contributed by atoms with van der Waals surface area (Å²) in [6.45, 7) is 7.45. The molecule has 0 saturated heterocycles. The van der Waals surface area contributed by atoms with Crippen LogP contribution in [0.5, 0.6) is 11.5 Å². The molecule has 1 N–H and O–H groups in total. The Balaban J connectivity index is 1.76. The molecule has 3 rings (SSSR count). The molecule has 0 aromatic heterocycles. The lowest BCUT2D eigenvalue weighted by molar-refractivity contribution is 0.304. The third-order valence-corrected chi connectivity index (χ3v) is 7.08. The Morgan fingerprint density at radius 2 is 1.10 bits per heavy atom. The second-order valence-corrected chi connectivity index (χ2v) is 10.0. The second-order valence-electron chi connectivity index (χ2n) is 10.0. The quantitative estimate of drug-likeness (QED) is 0.187. The monoisotopic (exact) mass is 542 g/mol. The maximum absolute atomic E-state index is 9.16. The van der Waals surface area contributed by atoms with Crippen molar-refractivity contribution in [3.05, 3.63) is 82.9 Å². The van der Waals surface area contributed by atoms with E-state index in [1.165, 1.54) is 31.4 Å². The van der Waals surface area contributed by atoms with Gasteiger partial charge in [0.25, 0.3) is 0 Å². The topological polar surface area (TPSA) is 45.2 Å². The van der Waals surface area contributed by atoms with Crippen molar-refractivity contribution in [1.29, 1.82) is 0 Å². The molecule has 0 fully saturated rings. The number of aliphatic hydroxyl groups is 1. The SMILES string of the molecule is CCCCN(CCCC)c1ccc(/C=C/c2cc(OC)c(/C=C/c3ccc(N(C)CCO)cc3)cc2OC)cc1. The summed E-state index contributed by atoms with van der Waals surface area (Å²) in [5.74, 6) is 1.58. The molecule has 0 saturated carbocycles. The van der Waals surface area contributed by atoms with E-state index in [1.54, 1.807) is 14.2 Å². The number of benzene rings is 3. The lowest BCUT2D eigenvalue weighted by Gasteiger charge is -2.24. The number of hydrogen-bond donors (Lipinski definition) is 1. The van der Waals surface area contributed by atoms with E-state index in [9.17, 15) is 0 Å². The first-order chi connectivity index (χ1) is 19.5. The molecular weight excluding hydrogens is 496 g/mol. The van der Waals surface area contributed by atoms with Crippen LogP contribution in [0.4, 0.5) is 11.4 Å². The van der Waals surface area contributed by atoms with Crippen molar-refractivity contribution in [1.82, 2.24) is 0 Å². The van der Waals surface area contributed by atoms with E-state index < -0.39 is 0 Å². The smallest absolute Gasteiger partial charge is 0.126 e. The summed E-state index contributed by atoms with van der Waals surface area (Å²) >= 11 is 0. The highest BCUT2D eigenvalue weighted by molar-refractivity contribution is 5.79. The Hall–Kier alpha value is -3.70. The summed E-state index contributed by atoms with van der Waals surface area (Å²) in [5.41, 5.74) is 6.50. The Kier molecular flexibility index (Phi) is 12.7. The molecule has 3 aromatic rings. The molecule has 0 aliphatic rings. The van der Waals surface area contributed by atoms with Gasteiger partial charge in [0.1, 0.15) is 11.5 Å². The first kappa shape index (κ1) is 30.8. The predicted molar refractivity (Wildman–Crippen MR) is 173 cm³/mol. The van der Waals surface area contributed by atoms with Gasteiger partial charge in [-0.05, 0) is 60.4 Å². The molecule has 0 atom stereocenters.